The summed E-state index contributed by atoms with van der Waals surface area (Å²) in [6.07, 6.45) is 0.772. The van der Waals surface area contributed by atoms with Crippen molar-refractivity contribution in [2.24, 2.45) is 5.41 Å². The average molecular weight is 313 g/mol. The van der Waals surface area contributed by atoms with E-state index >= 15 is 0 Å². The molecule has 1 aliphatic rings. The number of nitrogens with one attached hydrogen (secondary N) is 1. The number of rotatable bonds is 2. The van der Waals surface area contributed by atoms with Gasteiger partial charge in [0, 0.05) is 5.56 Å². The van der Waals surface area contributed by atoms with E-state index in [2.05, 4.69) is 19.2 Å². The molecule has 0 aliphatic heterocycles. The van der Waals surface area contributed by atoms with E-state index in [-0.39, 0.29) is 17.3 Å². The standard InChI is InChI=1S/C19H20FNO2/c1-19(2)10-9-12-7-8-13(14-5-3-4-6-16(14)20)11-15(12)17(19)21-18(22)23/h3-8,11,17,21H,9-10H2,1-2H3,(H,22,23). The Bertz CT molecular complexity index is 755. The molecule has 0 aromatic heterocycles. The fourth-order valence-corrected chi connectivity index (χ4v) is 3.37. The van der Waals surface area contributed by atoms with E-state index in [4.69, 9.17) is 0 Å². The number of carbonyl (C=O) groups is 1. The Morgan fingerprint density at radius 2 is 2.00 bits per heavy atom. The molecule has 2 aromatic rings. The fraction of sp³-hybridized carbons (Fsp3) is 0.316. The first-order valence-electron chi connectivity index (χ1n) is 7.76. The van der Waals surface area contributed by atoms with Gasteiger partial charge in [-0.1, -0.05) is 44.2 Å². The van der Waals surface area contributed by atoms with Gasteiger partial charge in [0.2, 0.25) is 0 Å². The zero-order valence-electron chi connectivity index (χ0n) is 13.3. The third-order valence-electron chi connectivity index (χ3n) is 4.73. The average Bonchev–Trinajstić information content (AvgIpc) is 2.50. The van der Waals surface area contributed by atoms with Crippen LogP contribution in [-0.2, 0) is 6.42 Å². The van der Waals surface area contributed by atoms with Crippen molar-refractivity contribution in [3.05, 3.63) is 59.4 Å². The van der Waals surface area contributed by atoms with Crippen LogP contribution in [0.5, 0.6) is 0 Å². The summed E-state index contributed by atoms with van der Waals surface area (Å²) in [5.41, 5.74) is 3.20. The van der Waals surface area contributed by atoms with Crippen LogP contribution in [0.25, 0.3) is 11.1 Å². The van der Waals surface area contributed by atoms with Crippen molar-refractivity contribution in [1.82, 2.24) is 5.32 Å². The monoisotopic (exact) mass is 313 g/mol. The van der Waals surface area contributed by atoms with E-state index in [1.165, 1.54) is 6.07 Å². The molecular formula is C19H20FNO2. The van der Waals surface area contributed by atoms with E-state index in [1.54, 1.807) is 18.2 Å². The van der Waals surface area contributed by atoms with Gasteiger partial charge in [0.15, 0.2) is 0 Å². The van der Waals surface area contributed by atoms with Crippen molar-refractivity contribution in [2.75, 3.05) is 0 Å². The smallest absolute Gasteiger partial charge is 0.405 e. The molecule has 0 radical (unpaired) electrons. The van der Waals surface area contributed by atoms with Gasteiger partial charge in [0.25, 0.3) is 0 Å². The Morgan fingerprint density at radius 1 is 1.26 bits per heavy atom. The predicted molar refractivity (Wildman–Crippen MR) is 87.8 cm³/mol. The molecule has 23 heavy (non-hydrogen) atoms. The third-order valence-corrected chi connectivity index (χ3v) is 4.73. The number of halogens is 1. The van der Waals surface area contributed by atoms with E-state index in [0.29, 0.717) is 5.56 Å². The van der Waals surface area contributed by atoms with Crippen LogP contribution in [0.15, 0.2) is 42.5 Å². The summed E-state index contributed by atoms with van der Waals surface area (Å²) in [6.45, 7) is 4.12. The first-order valence-corrected chi connectivity index (χ1v) is 7.76. The van der Waals surface area contributed by atoms with Crippen LogP contribution in [0.3, 0.4) is 0 Å². The molecule has 1 atom stereocenters. The lowest BCUT2D eigenvalue weighted by atomic mass is 9.70. The van der Waals surface area contributed by atoms with Gasteiger partial charge >= 0.3 is 6.09 Å². The molecule has 0 heterocycles. The highest BCUT2D eigenvalue weighted by molar-refractivity contribution is 5.68. The molecule has 1 unspecified atom stereocenters. The molecule has 0 spiro atoms. The quantitative estimate of drug-likeness (QED) is 0.838. The number of carboxylic acid groups (broad SMARTS) is 1. The molecular weight excluding hydrogens is 293 g/mol. The second-order valence-electron chi connectivity index (χ2n) is 6.76. The van der Waals surface area contributed by atoms with Crippen molar-refractivity contribution < 1.29 is 14.3 Å². The number of amides is 1. The minimum Gasteiger partial charge on any atom is -0.465 e. The molecule has 0 fully saturated rings. The van der Waals surface area contributed by atoms with Crippen molar-refractivity contribution in [2.45, 2.75) is 32.7 Å². The number of aryl methyl sites for hydroxylation is 1. The van der Waals surface area contributed by atoms with Gasteiger partial charge in [0.05, 0.1) is 6.04 Å². The third kappa shape index (κ3) is 2.93. The van der Waals surface area contributed by atoms with E-state index < -0.39 is 6.09 Å². The first-order chi connectivity index (χ1) is 10.9. The summed E-state index contributed by atoms with van der Waals surface area (Å²) in [7, 11) is 0. The van der Waals surface area contributed by atoms with Crippen molar-refractivity contribution in [3.8, 4) is 11.1 Å². The van der Waals surface area contributed by atoms with Crippen LogP contribution < -0.4 is 5.32 Å². The van der Waals surface area contributed by atoms with Crippen LogP contribution in [-0.4, -0.2) is 11.2 Å². The van der Waals surface area contributed by atoms with Gasteiger partial charge in [-0.3, -0.25) is 0 Å². The number of benzene rings is 2. The maximum atomic E-state index is 14.1. The lowest BCUT2D eigenvalue weighted by molar-refractivity contribution is 0.161. The van der Waals surface area contributed by atoms with E-state index in [0.717, 1.165) is 29.5 Å². The maximum absolute atomic E-state index is 14.1. The Kier molecular flexibility index (Phi) is 3.84. The zero-order valence-corrected chi connectivity index (χ0v) is 13.3. The molecule has 2 N–H and O–H groups in total. The molecule has 1 aliphatic carbocycles. The van der Waals surface area contributed by atoms with E-state index in [9.17, 15) is 14.3 Å². The van der Waals surface area contributed by atoms with Crippen LogP contribution in [0.4, 0.5) is 9.18 Å². The van der Waals surface area contributed by atoms with Gasteiger partial charge in [-0.25, -0.2) is 9.18 Å². The van der Waals surface area contributed by atoms with Gasteiger partial charge in [-0.2, -0.15) is 0 Å². The summed E-state index contributed by atoms with van der Waals surface area (Å²) in [4.78, 5) is 11.2. The molecule has 0 saturated carbocycles. The summed E-state index contributed by atoms with van der Waals surface area (Å²) in [5, 5.41) is 11.8. The van der Waals surface area contributed by atoms with Crippen LogP contribution in [0.1, 0.15) is 37.4 Å². The summed E-state index contributed by atoms with van der Waals surface area (Å²) in [6, 6.07) is 12.2. The fourth-order valence-electron chi connectivity index (χ4n) is 3.37. The lowest BCUT2D eigenvalue weighted by Crippen LogP contribution is -2.40. The highest BCUT2D eigenvalue weighted by atomic mass is 19.1. The van der Waals surface area contributed by atoms with Gasteiger partial charge in [-0.15, -0.1) is 0 Å². The molecule has 3 rings (SSSR count). The largest absolute Gasteiger partial charge is 0.465 e. The van der Waals surface area contributed by atoms with Crippen molar-refractivity contribution >= 4 is 6.09 Å². The second kappa shape index (κ2) is 5.69. The first kappa shape index (κ1) is 15.5. The Labute approximate surface area is 135 Å². The minimum atomic E-state index is -1.03. The minimum absolute atomic E-state index is 0.181. The molecule has 1 amide bonds. The molecule has 2 aromatic carbocycles. The normalized spacial score (nSPS) is 19.0. The Morgan fingerprint density at radius 3 is 2.70 bits per heavy atom. The molecule has 0 bridgehead atoms. The summed E-state index contributed by atoms with van der Waals surface area (Å²) in [5.74, 6) is -0.273. The highest BCUT2D eigenvalue weighted by Crippen LogP contribution is 2.44. The second-order valence-corrected chi connectivity index (χ2v) is 6.76. The molecule has 0 saturated heterocycles. The SMILES string of the molecule is CC1(C)CCc2ccc(-c3ccccc3F)cc2C1NC(=O)O. The van der Waals surface area contributed by atoms with Gasteiger partial charge in [-0.05, 0) is 47.1 Å². The predicted octanol–water partition coefficient (Wildman–Crippen LogP) is 4.77. The Balaban J connectivity index is 2.10. The number of fused-ring (bicyclic) bond motifs is 1. The summed E-state index contributed by atoms with van der Waals surface area (Å²) >= 11 is 0. The highest BCUT2D eigenvalue weighted by Gasteiger charge is 2.37. The van der Waals surface area contributed by atoms with Crippen LogP contribution in [0, 0.1) is 11.2 Å². The van der Waals surface area contributed by atoms with Gasteiger partial charge < -0.3 is 10.4 Å². The number of hydrogen-bond donors (Lipinski definition) is 2. The Hall–Kier alpha value is -2.36. The van der Waals surface area contributed by atoms with Crippen molar-refractivity contribution in [1.29, 1.82) is 0 Å². The maximum Gasteiger partial charge on any atom is 0.405 e. The lowest BCUT2D eigenvalue weighted by Gasteiger charge is -2.40. The summed E-state index contributed by atoms with van der Waals surface area (Å²) < 4.78 is 14.1. The molecule has 120 valence electrons. The zero-order chi connectivity index (χ0) is 16.6. The van der Waals surface area contributed by atoms with Gasteiger partial charge in [0.1, 0.15) is 5.82 Å². The van der Waals surface area contributed by atoms with Crippen molar-refractivity contribution in [3.63, 3.8) is 0 Å². The van der Waals surface area contributed by atoms with Crippen LogP contribution in [0.2, 0.25) is 0 Å². The van der Waals surface area contributed by atoms with Crippen LogP contribution >= 0.6 is 0 Å². The molecule has 3 nitrogen and oxygen atoms in total. The topological polar surface area (TPSA) is 49.3 Å². The molecule has 4 heteroatoms. The number of hydrogen-bond acceptors (Lipinski definition) is 1. The van der Waals surface area contributed by atoms with E-state index in [1.807, 2.05) is 18.2 Å².